The summed E-state index contributed by atoms with van der Waals surface area (Å²) in [6, 6.07) is 0. The van der Waals surface area contributed by atoms with Crippen molar-refractivity contribution in [2.45, 2.75) is 26.0 Å². The van der Waals surface area contributed by atoms with Gasteiger partial charge in [0.15, 0.2) is 0 Å². The van der Waals surface area contributed by atoms with Crippen molar-refractivity contribution in [2.75, 3.05) is 31.6 Å². The fraction of sp³-hybridized carbons (Fsp3) is 0.818. The Morgan fingerprint density at radius 3 is 3.24 bits per heavy atom. The van der Waals surface area contributed by atoms with Crippen LogP contribution in [0.15, 0.2) is 6.20 Å². The maximum Gasteiger partial charge on any atom is 0.0898 e. The molecule has 96 valence electrons. The summed E-state index contributed by atoms with van der Waals surface area (Å²) >= 11 is 3.40. The van der Waals surface area contributed by atoms with Gasteiger partial charge in [-0.05, 0) is 6.54 Å². The molecular weight excluding hydrogens is 284 g/mol. The van der Waals surface area contributed by atoms with Gasteiger partial charge < -0.3 is 4.74 Å². The Labute approximate surface area is 110 Å². The minimum absolute atomic E-state index is 0.238. The smallest absolute Gasteiger partial charge is 0.0898 e. The number of alkyl halides is 1. The Bertz CT molecular complexity index is 344. The molecule has 1 atom stereocenters. The molecule has 0 radical (unpaired) electrons. The summed E-state index contributed by atoms with van der Waals surface area (Å²) in [7, 11) is 0. The number of aromatic nitrogens is 3. The zero-order valence-corrected chi connectivity index (χ0v) is 11.8. The third kappa shape index (κ3) is 3.76. The van der Waals surface area contributed by atoms with E-state index in [2.05, 4.69) is 38.1 Å². The monoisotopic (exact) mass is 302 g/mol. The van der Waals surface area contributed by atoms with Crippen LogP contribution in [-0.4, -0.2) is 57.6 Å². The molecule has 17 heavy (non-hydrogen) atoms. The number of halogens is 1. The van der Waals surface area contributed by atoms with Crippen molar-refractivity contribution >= 4 is 15.9 Å². The third-order valence-corrected chi connectivity index (χ3v) is 3.39. The third-order valence-electron chi connectivity index (χ3n) is 3.00. The highest BCUT2D eigenvalue weighted by Crippen LogP contribution is 2.07. The van der Waals surface area contributed by atoms with E-state index in [1.165, 1.54) is 0 Å². The lowest BCUT2D eigenvalue weighted by molar-refractivity contribution is -0.0360. The molecule has 6 heteroatoms. The topological polar surface area (TPSA) is 43.2 Å². The summed E-state index contributed by atoms with van der Waals surface area (Å²) in [4.78, 5) is 2.41. The summed E-state index contributed by atoms with van der Waals surface area (Å²) in [6.07, 6.45) is 3.17. The molecule has 0 aliphatic carbocycles. The number of nitrogens with zero attached hydrogens (tertiary/aromatic N) is 4. The van der Waals surface area contributed by atoms with E-state index in [1.807, 2.05) is 10.9 Å². The van der Waals surface area contributed by atoms with E-state index in [1.54, 1.807) is 0 Å². The van der Waals surface area contributed by atoms with Gasteiger partial charge in [0.05, 0.1) is 24.9 Å². The fourth-order valence-electron chi connectivity index (χ4n) is 2.03. The molecule has 2 heterocycles. The second-order valence-corrected chi connectivity index (χ2v) is 5.05. The van der Waals surface area contributed by atoms with E-state index in [-0.39, 0.29) is 6.10 Å². The minimum atomic E-state index is 0.238. The highest BCUT2D eigenvalue weighted by molar-refractivity contribution is 9.09. The van der Waals surface area contributed by atoms with E-state index >= 15 is 0 Å². The first-order valence-electron chi connectivity index (χ1n) is 6.10. The number of morpholine rings is 1. The van der Waals surface area contributed by atoms with Crippen molar-refractivity contribution in [3.05, 3.63) is 11.9 Å². The maximum absolute atomic E-state index is 5.74. The summed E-state index contributed by atoms with van der Waals surface area (Å²) < 4.78 is 7.63. The van der Waals surface area contributed by atoms with Gasteiger partial charge in [0.1, 0.15) is 0 Å². The molecule has 1 aliphatic rings. The molecule has 0 saturated carbocycles. The molecule has 0 amide bonds. The standard InChI is InChI=1S/C11H19BrN4O/c1-2-15-5-6-17-11(8-15)9-16-7-10(3-4-12)13-14-16/h7,11H,2-6,8-9H2,1H3. The molecule has 1 saturated heterocycles. The van der Waals surface area contributed by atoms with Gasteiger partial charge in [0.25, 0.3) is 0 Å². The highest BCUT2D eigenvalue weighted by atomic mass is 79.9. The Kier molecular flexibility index (Phi) is 4.94. The van der Waals surface area contributed by atoms with Crippen LogP contribution in [0.5, 0.6) is 0 Å². The number of ether oxygens (including phenoxy) is 1. The van der Waals surface area contributed by atoms with E-state index in [4.69, 9.17) is 4.74 Å². The Morgan fingerprint density at radius 1 is 1.59 bits per heavy atom. The zero-order chi connectivity index (χ0) is 12.1. The number of hydrogen-bond acceptors (Lipinski definition) is 4. The van der Waals surface area contributed by atoms with Gasteiger partial charge >= 0.3 is 0 Å². The van der Waals surface area contributed by atoms with Crippen LogP contribution in [-0.2, 0) is 17.7 Å². The first-order chi connectivity index (χ1) is 8.31. The lowest BCUT2D eigenvalue weighted by atomic mass is 10.2. The largest absolute Gasteiger partial charge is 0.374 e. The van der Waals surface area contributed by atoms with E-state index in [0.29, 0.717) is 0 Å². The van der Waals surface area contributed by atoms with E-state index < -0.39 is 0 Å². The molecule has 5 nitrogen and oxygen atoms in total. The molecule has 0 N–H and O–H groups in total. The van der Waals surface area contributed by atoms with Crippen LogP contribution in [0.4, 0.5) is 0 Å². The van der Waals surface area contributed by atoms with Crippen LogP contribution >= 0.6 is 15.9 Å². The van der Waals surface area contributed by atoms with Crippen molar-refractivity contribution in [3.8, 4) is 0 Å². The average Bonchev–Trinajstić information content (AvgIpc) is 2.77. The van der Waals surface area contributed by atoms with Gasteiger partial charge in [-0.1, -0.05) is 28.1 Å². The van der Waals surface area contributed by atoms with Crippen LogP contribution in [0.1, 0.15) is 12.6 Å². The summed E-state index contributed by atoms with van der Waals surface area (Å²) in [5.74, 6) is 0. The molecule has 0 aromatic carbocycles. The lowest BCUT2D eigenvalue weighted by Crippen LogP contribution is -2.44. The van der Waals surface area contributed by atoms with Crippen molar-refractivity contribution in [3.63, 3.8) is 0 Å². The molecule has 1 aromatic heterocycles. The fourth-order valence-corrected chi connectivity index (χ4v) is 2.43. The SMILES string of the molecule is CCN1CCOC(Cn2cc(CCBr)nn2)C1. The van der Waals surface area contributed by atoms with Gasteiger partial charge in [-0.15, -0.1) is 5.10 Å². The Balaban J connectivity index is 1.86. The van der Waals surface area contributed by atoms with Crippen LogP contribution in [0.2, 0.25) is 0 Å². The van der Waals surface area contributed by atoms with E-state index in [0.717, 1.165) is 50.2 Å². The predicted molar refractivity (Wildman–Crippen MR) is 69.4 cm³/mol. The first-order valence-corrected chi connectivity index (χ1v) is 7.23. The predicted octanol–water partition coefficient (Wildman–Crippen LogP) is 0.936. The normalized spacial score (nSPS) is 21.9. The molecule has 1 unspecified atom stereocenters. The lowest BCUT2D eigenvalue weighted by Gasteiger charge is -2.31. The number of likely N-dealkylation sites (N-methyl/N-ethyl adjacent to an activating group) is 1. The van der Waals surface area contributed by atoms with E-state index in [9.17, 15) is 0 Å². The first kappa shape index (κ1) is 13.0. The molecular formula is C11H19BrN4O. The van der Waals surface area contributed by atoms with Gasteiger partial charge in [-0.3, -0.25) is 4.90 Å². The Morgan fingerprint density at radius 2 is 2.47 bits per heavy atom. The molecule has 1 fully saturated rings. The van der Waals surface area contributed by atoms with Crippen molar-refractivity contribution in [2.24, 2.45) is 0 Å². The number of rotatable bonds is 5. The molecule has 1 aromatic rings. The molecule has 0 spiro atoms. The van der Waals surface area contributed by atoms with Gasteiger partial charge in [0, 0.05) is 31.0 Å². The van der Waals surface area contributed by atoms with Crippen LogP contribution in [0, 0.1) is 0 Å². The summed E-state index contributed by atoms with van der Waals surface area (Å²) in [6.45, 7) is 6.93. The molecule has 1 aliphatic heterocycles. The second-order valence-electron chi connectivity index (χ2n) is 4.26. The molecule has 2 rings (SSSR count). The summed E-state index contributed by atoms with van der Waals surface area (Å²) in [5, 5.41) is 9.18. The van der Waals surface area contributed by atoms with Gasteiger partial charge in [0.2, 0.25) is 0 Å². The zero-order valence-electron chi connectivity index (χ0n) is 10.2. The maximum atomic E-state index is 5.74. The van der Waals surface area contributed by atoms with Crippen LogP contribution in [0.3, 0.4) is 0 Å². The summed E-state index contributed by atoms with van der Waals surface area (Å²) in [5.41, 5.74) is 1.03. The number of aryl methyl sites for hydroxylation is 1. The van der Waals surface area contributed by atoms with Crippen molar-refractivity contribution < 1.29 is 4.74 Å². The van der Waals surface area contributed by atoms with Gasteiger partial charge in [-0.25, -0.2) is 4.68 Å². The Hall–Kier alpha value is -0.460. The highest BCUT2D eigenvalue weighted by Gasteiger charge is 2.20. The minimum Gasteiger partial charge on any atom is -0.374 e. The number of hydrogen-bond donors (Lipinski definition) is 0. The van der Waals surface area contributed by atoms with Crippen LogP contribution in [0.25, 0.3) is 0 Å². The van der Waals surface area contributed by atoms with Crippen molar-refractivity contribution in [1.82, 2.24) is 19.9 Å². The average molecular weight is 303 g/mol. The van der Waals surface area contributed by atoms with Gasteiger partial charge in [-0.2, -0.15) is 0 Å². The van der Waals surface area contributed by atoms with Crippen molar-refractivity contribution in [1.29, 1.82) is 0 Å². The second kappa shape index (κ2) is 6.47. The van der Waals surface area contributed by atoms with Crippen LogP contribution < -0.4 is 0 Å². The quantitative estimate of drug-likeness (QED) is 0.759. The molecule has 0 bridgehead atoms.